The van der Waals surface area contributed by atoms with E-state index in [-0.39, 0.29) is 4.90 Å². The number of nitrogens with zero attached hydrogens (tertiary/aromatic N) is 1. The van der Waals surface area contributed by atoms with Crippen molar-refractivity contribution in [1.29, 1.82) is 0 Å². The fraction of sp³-hybridized carbons (Fsp3) is 0.316. The summed E-state index contributed by atoms with van der Waals surface area (Å²) in [5.41, 5.74) is 0.373. The van der Waals surface area contributed by atoms with Crippen LogP contribution >= 0.6 is 0 Å². The number of halogens is 3. The number of carbonyl (C=O) groups is 3. The van der Waals surface area contributed by atoms with E-state index in [0.717, 1.165) is 20.2 Å². The van der Waals surface area contributed by atoms with Crippen molar-refractivity contribution in [3.8, 4) is 0 Å². The lowest BCUT2D eigenvalue weighted by Gasteiger charge is -2.39. The third-order valence-electron chi connectivity index (χ3n) is 4.60. The summed E-state index contributed by atoms with van der Waals surface area (Å²) in [5, 5.41) is 12.3. The third kappa shape index (κ3) is 4.36. The molecule has 1 aromatic rings. The monoisotopic (exact) mass is 427 g/mol. The third-order valence-corrected chi connectivity index (χ3v) is 4.60. The van der Waals surface area contributed by atoms with Crippen molar-refractivity contribution >= 4 is 23.3 Å². The summed E-state index contributed by atoms with van der Waals surface area (Å²) >= 11 is 0. The second-order valence-corrected chi connectivity index (χ2v) is 6.48. The molecule has 8 nitrogen and oxygen atoms in total. The highest BCUT2D eigenvalue weighted by molar-refractivity contribution is 6.10. The number of likely N-dealkylation sites (N-methyl/N-ethyl adjacent to an activating group) is 2. The first-order valence-corrected chi connectivity index (χ1v) is 8.62. The van der Waals surface area contributed by atoms with Crippen LogP contribution in [-0.4, -0.2) is 59.5 Å². The summed E-state index contributed by atoms with van der Waals surface area (Å²) in [5.74, 6) is -4.54. The maximum Gasteiger partial charge on any atom is 0.523 e. The molecule has 0 saturated heterocycles. The number of benzene rings is 1. The van der Waals surface area contributed by atoms with Gasteiger partial charge in [-0.2, -0.15) is 0 Å². The summed E-state index contributed by atoms with van der Waals surface area (Å²) in [7, 11) is 1.82. The maximum absolute atomic E-state index is 13.1. The minimum atomic E-state index is -5.24. The molecule has 2 atom stereocenters. The molecule has 30 heavy (non-hydrogen) atoms. The van der Waals surface area contributed by atoms with Crippen LogP contribution in [0, 0.1) is 0 Å². The number of hydrogen-bond acceptors (Lipinski definition) is 5. The Bertz CT molecular complexity index is 900. The van der Waals surface area contributed by atoms with Gasteiger partial charge in [0.1, 0.15) is 0 Å². The van der Waals surface area contributed by atoms with Crippen LogP contribution in [0.15, 0.2) is 48.6 Å². The molecule has 0 spiro atoms. The van der Waals surface area contributed by atoms with Gasteiger partial charge in [0.15, 0.2) is 5.60 Å². The number of aliphatic hydroxyl groups is 1. The Morgan fingerprint density at radius 1 is 1.23 bits per heavy atom. The largest absolute Gasteiger partial charge is 0.523 e. The van der Waals surface area contributed by atoms with Crippen molar-refractivity contribution in [2.45, 2.75) is 24.1 Å². The number of carbonyl (C=O) groups excluding carboxylic acids is 3. The Morgan fingerprint density at radius 3 is 2.27 bits per heavy atom. The van der Waals surface area contributed by atoms with E-state index in [1.165, 1.54) is 12.2 Å². The number of alkyl halides is 3. The average molecular weight is 427 g/mol. The zero-order valence-electron chi connectivity index (χ0n) is 16.1. The van der Waals surface area contributed by atoms with Gasteiger partial charge in [-0.3, -0.25) is 24.0 Å². The topological polar surface area (TPSA) is 122 Å². The minimum absolute atomic E-state index is 0.131. The van der Waals surface area contributed by atoms with Crippen LogP contribution in [0.4, 0.5) is 13.2 Å². The highest BCUT2D eigenvalue weighted by Gasteiger charge is 2.56. The molecular formula is C19H20F3N3O5. The lowest BCUT2D eigenvalue weighted by atomic mass is 9.87. The number of primary amides is 1. The van der Waals surface area contributed by atoms with E-state index >= 15 is 0 Å². The predicted molar refractivity (Wildman–Crippen MR) is 99.0 cm³/mol. The number of ether oxygens (including phenoxy) is 1. The first-order valence-electron chi connectivity index (χ1n) is 8.62. The van der Waals surface area contributed by atoms with Crippen LogP contribution in [-0.2, 0) is 19.1 Å². The molecule has 1 aromatic carbocycles. The highest BCUT2D eigenvalue weighted by atomic mass is 19.4. The van der Waals surface area contributed by atoms with Gasteiger partial charge in [0.2, 0.25) is 0 Å². The number of hydrogen-bond donors (Lipinski definition) is 3. The Morgan fingerprint density at radius 2 is 1.83 bits per heavy atom. The fourth-order valence-electron chi connectivity index (χ4n) is 2.99. The first-order chi connectivity index (χ1) is 13.9. The molecule has 0 aromatic heterocycles. The van der Waals surface area contributed by atoms with E-state index in [1.807, 2.05) is 5.32 Å². The quantitative estimate of drug-likeness (QED) is 0.455. The van der Waals surface area contributed by atoms with Crippen molar-refractivity contribution in [1.82, 2.24) is 10.2 Å². The SMILES string of the molecule is CNC(=O)C(O)(C(N)=O)N(C)C(=O)C1(OC(F)(F)F)C=CC(c2ccccc2)=CC1. The molecule has 1 aliphatic rings. The lowest BCUT2D eigenvalue weighted by molar-refractivity contribution is -0.353. The maximum atomic E-state index is 13.1. The number of nitrogens with one attached hydrogen (secondary N) is 1. The van der Waals surface area contributed by atoms with Crippen molar-refractivity contribution in [3.63, 3.8) is 0 Å². The highest BCUT2D eigenvalue weighted by Crippen LogP contribution is 2.37. The molecule has 0 heterocycles. The molecular weight excluding hydrogens is 407 g/mol. The molecule has 0 fully saturated rings. The number of amides is 3. The van der Waals surface area contributed by atoms with Gasteiger partial charge in [0.05, 0.1) is 0 Å². The van der Waals surface area contributed by atoms with Crippen LogP contribution in [0.1, 0.15) is 12.0 Å². The average Bonchev–Trinajstić information content (AvgIpc) is 2.71. The van der Waals surface area contributed by atoms with E-state index in [0.29, 0.717) is 11.1 Å². The predicted octanol–water partition coefficient (Wildman–Crippen LogP) is 0.683. The summed E-state index contributed by atoms with van der Waals surface area (Å²) < 4.78 is 43.5. The molecule has 162 valence electrons. The second kappa shape index (κ2) is 8.28. The molecule has 0 saturated carbocycles. The first kappa shape index (κ1) is 23.1. The zero-order valence-corrected chi connectivity index (χ0v) is 16.1. The smallest absolute Gasteiger partial charge is 0.365 e. The van der Waals surface area contributed by atoms with Gasteiger partial charge in [0.25, 0.3) is 17.7 Å². The molecule has 0 bridgehead atoms. The molecule has 11 heteroatoms. The van der Waals surface area contributed by atoms with E-state index < -0.39 is 41.8 Å². The number of allylic oxidation sites excluding steroid dienone is 2. The van der Waals surface area contributed by atoms with E-state index in [9.17, 15) is 32.7 Å². The van der Waals surface area contributed by atoms with Crippen LogP contribution in [0.3, 0.4) is 0 Å². The van der Waals surface area contributed by atoms with Crippen LogP contribution in [0.25, 0.3) is 5.57 Å². The molecule has 1 aliphatic carbocycles. The van der Waals surface area contributed by atoms with Gasteiger partial charge in [0, 0.05) is 20.5 Å². The van der Waals surface area contributed by atoms with Gasteiger partial charge in [-0.15, -0.1) is 13.2 Å². The summed E-state index contributed by atoms with van der Waals surface area (Å²) in [6, 6.07) is 8.66. The summed E-state index contributed by atoms with van der Waals surface area (Å²) in [4.78, 5) is 36.8. The van der Waals surface area contributed by atoms with Crippen LogP contribution in [0.5, 0.6) is 0 Å². The summed E-state index contributed by atoms with van der Waals surface area (Å²) in [6.45, 7) is 0. The molecule has 2 unspecified atom stereocenters. The van der Waals surface area contributed by atoms with Gasteiger partial charge in [-0.05, 0) is 17.2 Å². The zero-order chi connectivity index (χ0) is 22.7. The van der Waals surface area contributed by atoms with E-state index in [1.54, 1.807) is 30.3 Å². The Labute approximate surface area is 169 Å². The van der Waals surface area contributed by atoms with Crippen molar-refractivity contribution in [2.75, 3.05) is 14.1 Å². The van der Waals surface area contributed by atoms with Crippen molar-refractivity contribution < 1.29 is 37.4 Å². The van der Waals surface area contributed by atoms with Crippen molar-refractivity contribution in [2.24, 2.45) is 5.73 Å². The molecule has 0 aliphatic heterocycles. The van der Waals surface area contributed by atoms with Gasteiger partial charge >= 0.3 is 12.1 Å². The minimum Gasteiger partial charge on any atom is -0.365 e. The van der Waals surface area contributed by atoms with Gasteiger partial charge in [-0.25, -0.2) is 0 Å². The molecule has 2 rings (SSSR count). The fourth-order valence-corrected chi connectivity index (χ4v) is 2.99. The van der Waals surface area contributed by atoms with Crippen LogP contribution < -0.4 is 11.1 Å². The van der Waals surface area contributed by atoms with E-state index in [4.69, 9.17) is 5.73 Å². The molecule has 4 N–H and O–H groups in total. The summed E-state index contributed by atoms with van der Waals surface area (Å²) in [6.07, 6.45) is -2.36. The normalized spacial score (nSPS) is 20.7. The molecule has 3 amide bonds. The van der Waals surface area contributed by atoms with E-state index in [2.05, 4.69) is 4.74 Å². The number of rotatable bonds is 6. The Balaban J connectivity index is 2.47. The van der Waals surface area contributed by atoms with Gasteiger partial charge in [-0.1, -0.05) is 42.5 Å². The lowest BCUT2D eigenvalue weighted by Crippen LogP contribution is -2.69. The van der Waals surface area contributed by atoms with Crippen molar-refractivity contribution in [3.05, 3.63) is 54.1 Å². The Hall–Kier alpha value is -3.18. The van der Waals surface area contributed by atoms with Crippen LogP contribution in [0.2, 0.25) is 0 Å². The second-order valence-electron chi connectivity index (χ2n) is 6.48. The standard InChI is InChI=1S/C19H20F3N3O5/c1-24-15(27)18(29,14(23)26)25(2)16(28)17(30-19(20,21)22)10-8-13(9-11-17)12-6-4-3-5-7-12/h3-10,29H,11H2,1-2H3,(H2,23,26)(H,24,27). The Kier molecular flexibility index (Phi) is 6.38. The number of nitrogens with two attached hydrogens (primary N) is 1. The molecule has 0 radical (unpaired) electrons. The van der Waals surface area contributed by atoms with Gasteiger partial charge < -0.3 is 16.2 Å².